The summed E-state index contributed by atoms with van der Waals surface area (Å²) in [4.78, 5) is 11.9. The molecule has 0 aromatic heterocycles. The zero-order valence-corrected chi connectivity index (χ0v) is 9.94. The topological polar surface area (TPSA) is 75.4 Å². The van der Waals surface area contributed by atoms with Gasteiger partial charge in [0, 0.05) is 6.54 Å². The highest BCUT2D eigenvalue weighted by atomic mass is 16.3. The molecule has 4 nitrogen and oxygen atoms in total. The van der Waals surface area contributed by atoms with Gasteiger partial charge in [-0.15, -0.1) is 0 Å². The van der Waals surface area contributed by atoms with Crippen molar-refractivity contribution in [2.45, 2.75) is 31.8 Å². The lowest BCUT2D eigenvalue weighted by Crippen LogP contribution is -2.53. The molecule has 0 aliphatic heterocycles. The molecule has 1 amide bonds. The van der Waals surface area contributed by atoms with Crippen molar-refractivity contribution >= 4 is 5.91 Å². The van der Waals surface area contributed by atoms with Gasteiger partial charge in [-0.3, -0.25) is 4.79 Å². The van der Waals surface area contributed by atoms with Gasteiger partial charge in [-0.2, -0.15) is 0 Å². The van der Waals surface area contributed by atoms with Crippen molar-refractivity contribution in [3.8, 4) is 5.75 Å². The van der Waals surface area contributed by atoms with Crippen LogP contribution in [0.4, 0.5) is 0 Å². The number of rotatable bonds is 4. The number of aromatic hydroxyl groups is 1. The van der Waals surface area contributed by atoms with E-state index in [0.29, 0.717) is 12.5 Å². The van der Waals surface area contributed by atoms with Crippen molar-refractivity contribution in [2.75, 3.05) is 0 Å². The highest BCUT2D eigenvalue weighted by Crippen LogP contribution is 2.38. The summed E-state index contributed by atoms with van der Waals surface area (Å²) in [5.41, 5.74) is 6.20. The number of hydrogen-bond donors (Lipinski definition) is 3. The predicted octanol–water partition coefficient (Wildman–Crippen LogP) is 1.14. The highest BCUT2D eigenvalue weighted by Gasteiger charge is 2.43. The molecule has 0 bridgehead atoms. The molecule has 0 saturated heterocycles. The van der Waals surface area contributed by atoms with Gasteiger partial charge in [0.05, 0.1) is 5.54 Å². The minimum absolute atomic E-state index is 0.104. The smallest absolute Gasteiger partial charge is 0.240 e. The molecule has 0 radical (unpaired) electrons. The van der Waals surface area contributed by atoms with Gasteiger partial charge in [-0.1, -0.05) is 12.1 Å². The molecular formula is C13H18N2O2. The molecule has 1 aromatic carbocycles. The number of nitrogens with two attached hydrogens (primary N) is 1. The first-order valence-electron chi connectivity index (χ1n) is 5.85. The van der Waals surface area contributed by atoms with Crippen molar-refractivity contribution in [3.05, 3.63) is 29.8 Å². The normalized spacial score (nSPS) is 18.5. The molecule has 1 aromatic rings. The zero-order chi connectivity index (χ0) is 12.5. The molecule has 1 unspecified atom stereocenters. The van der Waals surface area contributed by atoms with Gasteiger partial charge in [0.1, 0.15) is 5.75 Å². The minimum Gasteiger partial charge on any atom is -0.508 e. The summed E-state index contributed by atoms with van der Waals surface area (Å²) in [5.74, 6) is 0.442. The number of carbonyl (C=O) groups is 1. The van der Waals surface area contributed by atoms with Crippen LogP contribution >= 0.6 is 0 Å². The van der Waals surface area contributed by atoms with E-state index in [1.165, 1.54) is 0 Å². The monoisotopic (exact) mass is 234 g/mol. The van der Waals surface area contributed by atoms with Crippen LogP contribution < -0.4 is 11.1 Å². The van der Waals surface area contributed by atoms with Crippen molar-refractivity contribution in [1.29, 1.82) is 0 Å². The fraction of sp³-hybridized carbons (Fsp3) is 0.462. The third kappa shape index (κ3) is 2.77. The van der Waals surface area contributed by atoms with Crippen LogP contribution in [-0.4, -0.2) is 16.6 Å². The van der Waals surface area contributed by atoms with E-state index in [9.17, 15) is 4.79 Å². The number of carbonyl (C=O) groups excluding carboxylic acids is 1. The van der Waals surface area contributed by atoms with Crippen LogP contribution in [-0.2, 0) is 11.3 Å². The molecule has 1 saturated carbocycles. The number of phenols is 1. The van der Waals surface area contributed by atoms with Crippen LogP contribution in [0.1, 0.15) is 25.3 Å². The Hall–Kier alpha value is -1.55. The van der Waals surface area contributed by atoms with E-state index >= 15 is 0 Å². The maximum atomic E-state index is 11.9. The molecule has 1 atom stereocenters. The van der Waals surface area contributed by atoms with Crippen LogP contribution in [0.3, 0.4) is 0 Å². The van der Waals surface area contributed by atoms with Crippen LogP contribution in [0, 0.1) is 5.92 Å². The number of phenolic OH excluding ortho intramolecular Hbond substituents is 1. The molecule has 2 rings (SSSR count). The van der Waals surface area contributed by atoms with Gasteiger partial charge < -0.3 is 16.2 Å². The molecule has 17 heavy (non-hydrogen) atoms. The summed E-state index contributed by atoms with van der Waals surface area (Å²) in [5, 5.41) is 12.0. The number of nitrogens with one attached hydrogen (secondary N) is 1. The predicted molar refractivity (Wildman–Crippen MR) is 65.3 cm³/mol. The zero-order valence-electron chi connectivity index (χ0n) is 9.94. The molecule has 4 N–H and O–H groups in total. The third-order valence-electron chi connectivity index (χ3n) is 3.30. The molecular weight excluding hydrogens is 216 g/mol. The molecule has 0 heterocycles. The molecule has 1 fully saturated rings. The Morgan fingerprint density at radius 3 is 2.59 bits per heavy atom. The van der Waals surface area contributed by atoms with E-state index in [0.717, 1.165) is 18.4 Å². The summed E-state index contributed by atoms with van der Waals surface area (Å²) in [6.07, 6.45) is 2.08. The molecule has 4 heteroatoms. The quantitative estimate of drug-likeness (QED) is 0.731. The fourth-order valence-electron chi connectivity index (χ4n) is 1.85. The summed E-state index contributed by atoms with van der Waals surface area (Å²) < 4.78 is 0. The Balaban J connectivity index is 1.89. The summed E-state index contributed by atoms with van der Waals surface area (Å²) in [7, 11) is 0. The maximum Gasteiger partial charge on any atom is 0.240 e. The second-order valence-electron chi connectivity index (χ2n) is 4.91. The van der Waals surface area contributed by atoms with Crippen LogP contribution in [0.5, 0.6) is 5.75 Å². The summed E-state index contributed by atoms with van der Waals surface area (Å²) in [6, 6.07) is 6.76. The maximum absolute atomic E-state index is 11.9. The highest BCUT2D eigenvalue weighted by molar-refractivity contribution is 5.86. The van der Waals surface area contributed by atoms with E-state index in [2.05, 4.69) is 5.32 Å². The Morgan fingerprint density at radius 2 is 2.06 bits per heavy atom. The van der Waals surface area contributed by atoms with Gasteiger partial charge in [0.2, 0.25) is 5.91 Å². The largest absolute Gasteiger partial charge is 0.508 e. The van der Waals surface area contributed by atoms with E-state index < -0.39 is 5.54 Å². The Kier molecular flexibility index (Phi) is 3.07. The molecule has 1 aliphatic rings. The fourth-order valence-corrected chi connectivity index (χ4v) is 1.85. The first kappa shape index (κ1) is 11.9. The lowest BCUT2D eigenvalue weighted by atomic mass is 9.96. The van der Waals surface area contributed by atoms with Gasteiger partial charge in [-0.25, -0.2) is 0 Å². The first-order valence-corrected chi connectivity index (χ1v) is 5.85. The van der Waals surface area contributed by atoms with Crippen molar-refractivity contribution in [2.24, 2.45) is 11.7 Å². The van der Waals surface area contributed by atoms with Crippen molar-refractivity contribution in [1.82, 2.24) is 5.32 Å². The van der Waals surface area contributed by atoms with E-state index in [1.807, 2.05) is 0 Å². The average molecular weight is 234 g/mol. The molecule has 1 aliphatic carbocycles. The molecule has 0 spiro atoms. The third-order valence-corrected chi connectivity index (χ3v) is 3.30. The van der Waals surface area contributed by atoms with Crippen molar-refractivity contribution < 1.29 is 9.90 Å². The number of amides is 1. The SMILES string of the molecule is CC(N)(C(=O)NCc1ccc(O)cc1)C1CC1. The Labute approximate surface area is 101 Å². The molecule has 92 valence electrons. The Morgan fingerprint density at radius 1 is 1.47 bits per heavy atom. The van der Waals surface area contributed by atoms with Crippen molar-refractivity contribution in [3.63, 3.8) is 0 Å². The van der Waals surface area contributed by atoms with Gasteiger partial charge >= 0.3 is 0 Å². The number of hydrogen-bond acceptors (Lipinski definition) is 3. The van der Waals surface area contributed by atoms with E-state index in [4.69, 9.17) is 10.8 Å². The second-order valence-corrected chi connectivity index (χ2v) is 4.91. The standard InChI is InChI=1S/C13H18N2O2/c1-13(14,10-4-5-10)12(17)15-8-9-2-6-11(16)7-3-9/h2-3,6-7,10,16H,4-5,8,14H2,1H3,(H,15,17). The minimum atomic E-state index is -0.753. The van der Waals surface area contributed by atoms with Gasteiger partial charge in [0.25, 0.3) is 0 Å². The first-order chi connectivity index (χ1) is 8.00. The summed E-state index contributed by atoms with van der Waals surface area (Å²) in [6.45, 7) is 2.23. The second kappa shape index (κ2) is 4.37. The number of benzene rings is 1. The van der Waals surface area contributed by atoms with E-state index in [1.54, 1.807) is 31.2 Å². The summed E-state index contributed by atoms with van der Waals surface area (Å²) >= 11 is 0. The Bertz CT molecular complexity index is 408. The van der Waals surface area contributed by atoms with Crippen LogP contribution in [0.2, 0.25) is 0 Å². The average Bonchev–Trinajstić information content (AvgIpc) is 3.11. The lowest BCUT2D eigenvalue weighted by molar-refractivity contribution is -0.126. The van der Waals surface area contributed by atoms with Gasteiger partial charge in [0.15, 0.2) is 0 Å². The van der Waals surface area contributed by atoms with Crippen LogP contribution in [0.15, 0.2) is 24.3 Å². The lowest BCUT2D eigenvalue weighted by Gasteiger charge is -2.23. The van der Waals surface area contributed by atoms with E-state index in [-0.39, 0.29) is 11.7 Å². The van der Waals surface area contributed by atoms with Crippen LogP contribution in [0.25, 0.3) is 0 Å². The van der Waals surface area contributed by atoms with Gasteiger partial charge in [-0.05, 0) is 43.4 Å².